The second-order valence-electron chi connectivity index (χ2n) is 5.09. The van der Waals surface area contributed by atoms with Crippen molar-refractivity contribution in [3.63, 3.8) is 0 Å². The van der Waals surface area contributed by atoms with Crippen molar-refractivity contribution in [1.82, 2.24) is 0 Å². The van der Waals surface area contributed by atoms with Crippen LogP contribution in [0.5, 0.6) is 11.5 Å². The summed E-state index contributed by atoms with van der Waals surface area (Å²) in [6.07, 6.45) is 2.20. The Hall–Kier alpha value is -3.13. The average molecular weight is 323 g/mol. The van der Waals surface area contributed by atoms with Crippen LogP contribution in [-0.4, -0.2) is 21.3 Å². The predicted octanol–water partition coefficient (Wildman–Crippen LogP) is 3.81. The van der Waals surface area contributed by atoms with Crippen LogP contribution in [0.25, 0.3) is 0 Å². The second kappa shape index (κ2) is 8.49. The summed E-state index contributed by atoms with van der Waals surface area (Å²) in [6, 6.07) is 15.7. The smallest absolute Gasteiger partial charge is 0.146 e. The van der Waals surface area contributed by atoms with Gasteiger partial charge in [-0.15, -0.1) is 0 Å². The van der Waals surface area contributed by atoms with Crippen LogP contribution in [0.1, 0.15) is 5.56 Å². The summed E-state index contributed by atoms with van der Waals surface area (Å²) in [5.74, 6) is 1.36. The Balaban J connectivity index is 2.23. The molecule has 5 heteroatoms. The third kappa shape index (κ3) is 4.20. The zero-order chi connectivity index (χ0) is 17.4. The van der Waals surface area contributed by atoms with Crippen LogP contribution < -0.4 is 20.1 Å². The molecule has 0 radical (unpaired) electrons. The van der Waals surface area contributed by atoms with Crippen molar-refractivity contribution >= 4 is 11.4 Å². The second-order valence-corrected chi connectivity index (χ2v) is 5.09. The minimum Gasteiger partial charge on any atom is -0.494 e. The molecule has 2 N–H and O–H groups in total. The number of nitrogens with zero attached hydrogens (tertiary/aromatic N) is 1. The number of anilines is 2. The Morgan fingerprint density at radius 1 is 1.12 bits per heavy atom. The van der Waals surface area contributed by atoms with Gasteiger partial charge in [-0.1, -0.05) is 18.2 Å². The largest absolute Gasteiger partial charge is 0.494 e. The first-order valence-electron chi connectivity index (χ1n) is 7.55. The van der Waals surface area contributed by atoms with E-state index in [9.17, 15) is 5.26 Å². The highest BCUT2D eigenvalue weighted by atomic mass is 16.5. The Labute approximate surface area is 142 Å². The average Bonchev–Trinajstić information content (AvgIpc) is 2.64. The van der Waals surface area contributed by atoms with Gasteiger partial charge >= 0.3 is 0 Å². The van der Waals surface area contributed by atoms with Crippen LogP contribution in [0.4, 0.5) is 11.4 Å². The van der Waals surface area contributed by atoms with Crippen molar-refractivity contribution in [1.29, 1.82) is 5.26 Å². The van der Waals surface area contributed by atoms with E-state index in [2.05, 4.69) is 16.7 Å². The van der Waals surface area contributed by atoms with Crippen LogP contribution in [-0.2, 0) is 6.42 Å². The minimum absolute atomic E-state index is 0.479. The third-order valence-electron chi connectivity index (χ3n) is 3.54. The van der Waals surface area contributed by atoms with Crippen LogP contribution in [0.2, 0.25) is 0 Å². The summed E-state index contributed by atoms with van der Waals surface area (Å²) in [7, 11) is 5.03. The first kappa shape index (κ1) is 17.2. The Morgan fingerprint density at radius 2 is 1.75 bits per heavy atom. The van der Waals surface area contributed by atoms with Gasteiger partial charge in [0.25, 0.3) is 0 Å². The van der Waals surface area contributed by atoms with E-state index in [1.54, 1.807) is 20.4 Å². The standard InChI is InChI=1S/C19H21N3O2/c1-21-19-17(23-2)10-14(11-18(19)24-3)9-15(12-20)13-22-16-7-5-4-6-8-16/h4-8,10-11,13,21-22H,9H2,1-3H3. The monoisotopic (exact) mass is 323 g/mol. The van der Waals surface area contributed by atoms with Gasteiger partial charge in [0, 0.05) is 30.9 Å². The zero-order valence-electron chi connectivity index (χ0n) is 14.1. The van der Waals surface area contributed by atoms with E-state index in [-0.39, 0.29) is 0 Å². The van der Waals surface area contributed by atoms with Crippen molar-refractivity contribution in [2.45, 2.75) is 6.42 Å². The fourth-order valence-electron chi connectivity index (χ4n) is 2.36. The van der Waals surface area contributed by atoms with E-state index in [1.807, 2.05) is 49.5 Å². The number of para-hydroxylation sites is 1. The predicted molar refractivity (Wildman–Crippen MR) is 96.6 cm³/mol. The molecule has 0 saturated carbocycles. The number of nitriles is 1. The molecule has 5 nitrogen and oxygen atoms in total. The highest BCUT2D eigenvalue weighted by molar-refractivity contribution is 5.67. The highest BCUT2D eigenvalue weighted by Gasteiger charge is 2.12. The lowest BCUT2D eigenvalue weighted by molar-refractivity contribution is 0.397. The summed E-state index contributed by atoms with van der Waals surface area (Å²) < 4.78 is 10.8. The molecule has 0 aliphatic heterocycles. The molecule has 0 amide bonds. The van der Waals surface area contributed by atoms with Crippen molar-refractivity contribution < 1.29 is 9.47 Å². The lowest BCUT2D eigenvalue weighted by atomic mass is 10.0. The summed E-state index contributed by atoms with van der Waals surface area (Å²) in [6.45, 7) is 0. The van der Waals surface area contributed by atoms with Gasteiger partial charge in [0.15, 0.2) is 0 Å². The van der Waals surface area contributed by atoms with Gasteiger partial charge in [-0.2, -0.15) is 5.26 Å². The molecule has 0 aliphatic carbocycles. The van der Waals surface area contributed by atoms with Gasteiger partial charge in [-0.25, -0.2) is 0 Å². The number of rotatable bonds is 7. The normalized spacial score (nSPS) is 10.7. The number of hydrogen-bond acceptors (Lipinski definition) is 5. The molecule has 2 aromatic rings. The minimum atomic E-state index is 0.479. The molecule has 0 saturated heterocycles. The molecule has 0 bridgehead atoms. The molecule has 0 heterocycles. The van der Waals surface area contributed by atoms with Gasteiger partial charge in [0.05, 0.1) is 20.3 Å². The maximum Gasteiger partial charge on any atom is 0.146 e. The molecule has 24 heavy (non-hydrogen) atoms. The fourth-order valence-corrected chi connectivity index (χ4v) is 2.36. The van der Waals surface area contributed by atoms with Gasteiger partial charge in [0.2, 0.25) is 0 Å². The molecule has 0 aliphatic rings. The lowest BCUT2D eigenvalue weighted by Crippen LogP contribution is -2.00. The summed E-state index contributed by atoms with van der Waals surface area (Å²) >= 11 is 0. The topological polar surface area (TPSA) is 66.3 Å². The first-order chi connectivity index (χ1) is 11.7. The van der Waals surface area contributed by atoms with Gasteiger partial charge < -0.3 is 20.1 Å². The Kier molecular flexibility index (Phi) is 6.09. The number of methoxy groups -OCH3 is 2. The van der Waals surface area contributed by atoms with Crippen molar-refractivity contribution in [2.24, 2.45) is 0 Å². The van der Waals surface area contributed by atoms with E-state index < -0.39 is 0 Å². The van der Waals surface area contributed by atoms with Crippen molar-refractivity contribution in [3.05, 3.63) is 59.8 Å². The van der Waals surface area contributed by atoms with E-state index in [4.69, 9.17) is 9.47 Å². The molecule has 0 unspecified atom stereocenters. The SMILES string of the molecule is CNc1c(OC)cc(CC(C#N)=CNc2ccccc2)cc1OC. The van der Waals surface area contributed by atoms with E-state index in [1.165, 1.54) is 0 Å². The molecule has 0 fully saturated rings. The number of nitrogens with one attached hydrogen (secondary N) is 2. The van der Waals surface area contributed by atoms with E-state index in [0.29, 0.717) is 23.5 Å². The van der Waals surface area contributed by atoms with E-state index in [0.717, 1.165) is 16.9 Å². The number of ether oxygens (including phenoxy) is 2. The van der Waals surface area contributed by atoms with Crippen LogP contribution in [0.15, 0.2) is 54.2 Å². The summed E-state index contributed by atoms with van der Waals surface area (Å²) in [4.78, 5) is 0. The molecular formula is C19H21N3O2. The fraction of sp³-hybridized carbons (Fsp3) is 0.211. The molecular weight excluding hydrogens is 302 g/mol. The van der Waals surface area contributed by atoms with Crippen LogP contribution in [0.3, 0.4) is 0 Å². The van der Waals surface area contributed by atoms with E-state index >= 15 is 0 Å². The lowest BCUT2D eigenvalue weighted by Gasteiger charge is -2.14. The molecule has 2 rings (SSSR count). The number of allylic oxidation sites excluding steroid dienone is 1. The molecule has 0 atom stereocenters. The first-order valence-corrected chi connectivity index (χ1v) is 7.55. The van der Waals surface area contributed by atoms with Gasteiger partial charge in [-0.3, -0.25) is 0 Å². The summed E-state index contributed by atoms with van der Waals surface area (Å²) in [5, 5.41) is 15.6. The van der Waals surface area contributed by atoms with Crippen molar-refractivity contribution in [2.75, 3.05) is 31.9 Å². The van der Waals surface area contributed by atoms with Crippen LogP contribution in [0, 0.1) is 11.3 Å². The van der Waals surface area contributed by atoms with Gasteiger partial charge in [-0.05, 0) is 29.8 Å². The quantitative estimate of drug-likeness (QED) is 0.759. The molecule has 0 spiro atoms. The summed E-state index contributed by atoms with van der Waals surface area (Å²) in [5.41, 5.74) is 3.27. The maximum atomic E-state index is 9.39. The highest BCUT2D eigenvalue weighted by Crippen LogP contribution is 2.36. The zero-order valence-corrected chi connectivity index (χ0v) is 14.1. The Bertz CT molecular complexity index is 724. The molecule has 0 aromatic heterocycles. The molecule has 2 aromatic carbocycles. The van der Waals surface area contributed by atoms with Crippen LogP contribution >= 0.6 is 0 Å². The van der Waals surface area contributed by atoms with Crippen molar-refractivity contribution in [3.8, 4) is 17.6 Å². The molecule has 124 valence electrons. The Morgan fingerprint density at radius 3 is 2.25 bits per heavy atom. The number of benzene rings is 2. The maximum absolute atomic E-state index is 9.39. The number of hydrogen-bond donors (Lipinski definition) is 2. The van der Waals surface area contributed by atoms with Gasteiger partial charge in [0.1, 0.15) is 17.2 Å². The third-order valence-corrected chi connectivity index (χ3v) is 3.54.